The molecule has 2 aromatic carbocycles. The van der Waals surface area contributed by atoms with Gasteiger partial charge in [0.15, 0.2) is 5.75 Å². The zero-order chi connectivity index (χ0) is 18.0. The molecule has 0 heterocycles. The van der Waals surface area contributed by atoms with Gasteiger partial charge in [0.05, 0.1) is 18.1 Å². The SMILES string of the molecule is COc1ccc(C(=O)N(C)[C@@H]2CCCc3ccccc32)cc1[N+](=O)[O-]. The van der Waals surface area contributed by atoms with E-state index in [1.165, 1.54) is 24.8 Å². The Morgan fingerprint density at radius 3 is 2.76 bits per heavy atom. The van der Waals surface area contributed by atoms with E-state index in [0.717, 1.165) is 24.8 Å². The number of hydrogen-bond acceptors (Lipinski definition) is 4. The molecule has 0 saturated heterocycles. The van der Waals surface area contributed by atoms with E-state index in [0.29, 0.717) is 0 Å². The number of fused-ring (bicyclic) bond motifs is 1. The Labute approximate surface area is 146 Å². The maximum atomic E-state index is 12.9. The van der Waals surface area contributed by atoms with Crippen molar-refractivity contribution < 1.29 is 14.5 Å². The minimum atomic E-state index is -0.536. The molecule has 0 N–H and O–H groups in total. The van der Waals surface area contributed by atoms with Gasteiger partial charge in [0.1, 0.15) is 0 Å². The van der Waals surface area contributed by atoms with E-state index in [1.54, 1.807) is 18.0 Å². The van der Waals surface area contributed by atoms with Crippen LogP contribution in [0.15, 0.2) is 42.5 Å². The summed E-state index contributed by atoms with van der Waals surface area (Å²) in [6, 6.07) is 12.4. The number of methoxy groups -OCH3 is 1. The first-order valence-electron chi connectivity index (χ1n) is 8.20. The lowest BCUT2D eigenvalue weighted by atomic mass is 9.87. The van der Waals surface area contributed by atoms with Gasteiger partial charge in [-0.2, -0.15) is 0 Å². The summed E-state index contributed by atoms with van der Waals surface area (Å²) < 4.78 is 5.00. The third kappa shape index (κ3) is 3.20. The van der Waals surface area contributed by atoms with Crippen LogP contribution in [0.3, 0.4) is 0 Å². The molecule has 130 valence electrons. The lowest BCUT2D eigenvalue weighted by molar-refractivity contribution is -0.385. The van der Waals surface area contributed by atoms with Crippen LogP contribution in [0.4, 0.5) is 5.69 Å². The van der Waals surface area contributed by atoms with Crippen molar-refractivity contribution in [1.82, 2.24) is 4.90 Å². The van der Waals surface area contributed by atoms with Crippen LogP contribution in [0.5, 0.6) is 5.75 Å². The van der Waals surface area contributed by atoms with E-state index in [2.05, 4.69) is 12.1 Å². The van der Waals surface area contributed by atoms with Crippen LogP contribution >= 0.6 is 0 Å². The monoisotopic (exact) mass is 340 g/mol. The van der Waals surface area contributed by atoms with Gasteiger partial charge >= 0.3 is 5.69 Å². The van der Waals surface area contributed by atoms with Crippen LogP contribution in [0.25, 0.3) is 0 Å². The second-order valence-corrected chi connectivity index (χ2v) is 6.17. The molecule has 0 fully saturated rings. The van der Waals surface area contributed by atoms with E-state index < -0.39 is 4.92 Å². The third-order valence-corrected chi connectivity index (χ3v) is 4.75. The Kier molecular flexibility index (Phi) is 4.70. The summed E-state index contributed by atoms with van der Waals surface area (Å²) in [5, 5.41) is 11.2. The predicted octanol–water partition coefficient (Wildman–Crippen LogP) is 3.75. The van der Waals surface area contributed by atoms with Crippen molar-refractivity contribution in [3.05, 3.63) is 69.3 Å². The number of nitro groups is 1. The number of rotatable bonds is 4. The van der Waals surface area contributed by atoms with Gasteiger partial charge in [-0.1, -0.05) is 24.3 Å². The molecule has 0 bridgehead atoms. The highest BCUT2D eigenvalue weighted by molar-refractivity contribution is 5.95. The lowest BCUT2D eigenvalue weighted by Crippen LogP contribution is -2.33. The highest BCUT2D eigenvalue weighted by Crippen LogP contribution is 2.35. The zero-order valence-electron chi connectivity index (χ0n) is 14.3. The number of ether oxygens (including phenoxy) is 1. The summed E-state index contributed by atoms with van der Waals surface area (Å²) in [4.78, 5) is 25.2. The van der Waals surface area contributed by atoms with Crippen LogP contribution in [-0.2, 0) is 6.42 Å². The number of aryl methyl sites for hydroxylation is 1. The van der Waals surface area contributed by atoms with Crippen LogP contribution in [0.2, 0.25) is 0 Å². The lowest BCUT2D eigenvalue weighted by Gasteiger charge is -2.33. The minimum Gasteiger partial charge on any atom is -0.490 e. The summed E-state index contributed by atoms with van der Waals surface area (Å²) in [6.45, 7) is 0. The summed E-state index contributed by atoms with van der Waals surface area (Å²) in [6.07, 6.45) is 2.92. The van der Waals surface area contributed by atoms with Crippen LogP contribution in [-0.4, -0.2) is 29.9 Å². The van der Waals surface area contributed by atoms with E-state index in [9.17, 15) is 14.9 Å². The molecular formula is C19H20N2O4. The van der Waals surface area contributed by atoms with Crippen molar-refractivity contribution in [3.63, 3.8) is 0 Å². The van der Waals surface area contributed by atoms with Gasteiger partial charge in [0.25, 0.3) is 5.91 Å². The van der Waals surface area contributed by atoms with Crippen molar-refractivity contribution in [1.29, 1.82) is 0 Å². The standard InChI is InChI=1S/C19H20N2O4/c1-20(16-9-5-7-13-6-3-4-8-15(13)16)19(22)14-10-11-18(25-2)17(12-14)21(23)24/h3-4,6,8,10-12,16H,5,7,9H2,1-2H3/t16-/m1/s1. The maximum Gasteiger partial charge on any atom is 0.311 e. The Bertz CT molecular complexity index is 819. The van der Waals surface area contributed by atoms with Crippen molar-refractivity contribution >= 4 is 11.6 Å². The summed E-state index contributed by atoms with van der Waals surface area (Å²) in [5.41, 5.74) is 2.51. The molecule has 2 aromatic rings. The van der Waals surface area contributed by atoms with Gasteiger partial charge in [-0.25, -0.2) is 0 Å². The molecular weight excluding hydrogens is 320 g/mol. The number of amides is 1. The Balaban J connectivity index is 1.91. The number of benzene rings is 2. The average molecular weight is 340 g/mol. The normalized spacial score (nSPS) is 16.0. The maximum absolute atomic E-state index is 12.9. The van der Waals surface area contributed by atoms with Gasteiger partial charge in [0.2, 0.25) is 0 Å². The Hall–Kier alpha value is -2.89. The van der Waals surface area contributed by atoms with Crippen molar-refractivity contribution in [3.8, 4) is 5.75 Å². The molecule has 0 aromatic heterocycles. The van der Waals surface area contributed by atoms with Crippen LogP contribution in [0.1, 0.15) is 40.4 Å². The largest absolute Gasteiger partial charge is 0.490 e. The molecule has 0 aliphatic heterocycles. The van der Waals surface area contributed by atoms with E-state index in [4.69, 9.17) is 4.74 Å². The van der Waals surface area contributed by atoms with Crippen molar-refractivity contribution in [2.45, 2.75) is 25.3 Å². The van der Waals surface area contributed by atoms with Crippen LogP contribution in [0, 0.1) is 10.1 Å². The molecule has 0 saturated carbocycles. The molecule has 0 unspecified atom stereocenters. The van der Waals surface area contributed by atoms with Gasteiger partial charge in [-0.15, -0.1) is 0 Å². The van der Waals surface area contributed by atoms with Gasteiger partial charge < -0.3 is 9.64 Å². The fraction of sp³-hybridized carbons (Fsp3) is 0.316. The number of carbonyl (C=O) groups is 1. The number of carbonyl (C=O) groups excluding carboxylic acids is 1. The zero-order valence-corrected chi connectivity index (χ0v) is 14.3. The predicted molar refractivity (Wildman–Crippen MR) is 93.9 cm³/mol. The topological polar surface area (TPSA) is 72.7 Å². The molecule has 1 atom stereocenters. The molecule has 6 nitrogen and oxygen atoms in total. The fourth-order valence-corrected chi connectivity index (χ4v) is 3.44. The first kappa shape index (κ1) is 17.0. The van der Waals surface area contributed by atoms with Gasteiger partial charge in [-0.05, 0) is 42.5 Å². The Morgan fingerprint density at radius 2 is 2.04 bits per heavy atom. The molecule has 25 heavy (non-hydrogen) atoms. The second kappa shape index (κ2) is 6.93. The first-order chi connectivity index (χ1) is 12.0. The fourth-order valence-electron chi connectivity index (χ4n) is 3.44. The van der Waals surface area contributed by atoms with E-state index in [-0.39, 0.29) is 28.9 Å². The molecule has 6 heteroatoms. The molecule has 1 aliphatic rings. The van der Waals surface area contributed by atoms with Crippen molar-refractivity contribution in [2.24, 2.45) is 0 Å². The van der Waals surface area contributed by atoms with Gasteiger partial charge in [0, 0.05) is 18.7 Å². The first-order valence-corrected chi connectivity index (χ1v) is 8.20. The van der Waals surface area contributed by atoms with Gasteiger partial charge in [-0.3, -0.25) is 14.9 Å². The highest BCUT2D eigenvalue weighted by Gasteiger charge is 2.28. The molecule has 1 amide bonds. The molecule has 1 aliphatic carbocycles. The minimum absolute atomic E-state index is 0.0152. The summed E-state index contributed by atoms with van der Waals surface area (Å²) >= 11 is 0. The second-order valence-electron chi connectivity index (χ2n) is 6.17. The highest BCUT2D eigenvalue weighted by atomic mass is 16.6. The van der Waals surface area contributed by atoms with Crippen molar-refractivity contribution in [2.75, 3.05) is 14.2 Å². The number of hydrogen-bond donors (Lipinski definition) is 0. The molecule has 0 radical (unpaired) electrons. The average Bonchev–Trinajstić information content (AvgIpc) is 2.65. The summed E-state index contributed by atoms with van der Waals surface area (Å²) in [7, 11) is 3.13. The quantitative estimate of drug-likeness (QED) is 0.627. The van der Waals surface area contributed by atoms with E-state index in [1.807, 2.05) is 12.1 Å². The van der Waals surface area contributed by atoms with E-state index >= 15 is 0 Å². The third-order valence-electron chi connectivity index (χ3n) is 4.75. The summed E-state index contributed by atoms with van der Waals surface area (Å²) in [5.74, 6) is -0.0836. The van der Waals surface area contributed by atoms with Crippen LogP contribution < -0.4 is 4.74 Å². The smallest absolute Gasteiger partial charge is 0.311 e. The molecule has 3 rings (SSSR count). The Morgan fingerprint density at radius 1 is 1.28 bits per heavy atom. The number of nitro benzene ring substituents is 1. The number of nitrogens with zero attached hydrogens (tertiary/aromatic N) is 2. The molecule has 0 spiro atoms.